The Morgan fingerprint density at radius 2 is 1.71 bits per heavy atom. The van der Waals surface area contributed by atoms with Crippen LogP contribution in [-0.4, -0.2) is 39.6 Å². The molecule has 1 unspecified atom stereocenters. The Morgan fingerprint density at radius 1 is 1.05 bits per heavy atom. The predicted octanol–water partition coefficient (Wildman–Crippen LogP) is 2.63. The molecule has 0 aliphatic carbocycles. The lowest BCUT2D eigenvalue weighted by Crippen LogP contribution is -2.18. The molecular weight excluding hydrogens is 266 g/mol. The summed E-state index contributed by atoms with van der Waals surface area (Å²) in [6.45, 7) is 8.79. The third-order valence-electron chi connectivity index (χ3n) is 3.19. The van der Waals surface area contributed by atoms with E-state index in [1.165, 1.54) is 5.56 Å². The number of methoxy groups -OCH3 is 1. The SMILES string of the molecule is COCCCOCCOc1c(C)cc(CC(C)N)cc1C. The van der Waals surface area contributed by atoms with E-state index < -0.39 is 0 Å². The Labute approximate surface area is 128 Å². The standard InChI is InChI=1S/C17H29NO3/c1-13-10-16(12-15(3)18)11-14(2)17(13)21-9-8-20-7-5-6-19-4/h10-11,15H,5-9,12,18H2,1-4H3. The molecule has 0 amide bonds. The maximum atomic E-state index is 5.85. The maximum absolute atomic E-state index is 5.85. The summed E-state index contributed by atoms with van der Waals surface area (Å²) in [4.78, 5) is 0. The van der Waals surface area contributed by atoms with Crippen molar-refractivity contribution in [3.8, 4) is 5.75 Å². The van der Waals surface area contributed by atoms with Crippen LogP contribution in [0.2, 0.25) is 0 Å². The van der Waals surface area contributed by atoms with Gasteiger partial charge in [0.2, 0.25) is 0 Å². The second-order valence-corrected chi connectivity index (χ2v) is 5.55. The molecule has 4 heteroatoms. The summed E-state index contributed by atoms with van der Waals surface area (Å²) in [7, 11) is 1.70. The van der Waals surface area contributed by atoms with Crippen molar-refractivity contribution in [2.24, 2.45) is 5.73 Å². The molecule has 120 valence electrons. The number of nitrogens with two attached hydrogens (primary N) is 1. The normalized spacial score (nSPS) is 12.4. The average Bonchev–Trinajstić information content (AvgIpc) is 2.39. The van der Waals surface area contributed by atoms with Crippen LogP contribution in [-0.2, 0) is 15.9 Å². The first kappa shape index (κ1) is 18.0. The number of aryl methyl sites for hydroxylation is 2. The van der Waals surface area contributed by atoms with E-state index in [0.717, 1.165) is 36.3 Å². The topological polar surface area (TPSA) is 53.7 Å². The molecule has 0 saturated heterocycles. The van der Waals surface area contributed by atoms with Gasteiger partial charge in [0.15, 0.2) is 0 Å². The van der Waals surface area contributed by atoms with Crippen LogP contribution in [0.4, 0.5) is 0 Å². The zero-order chi connectivity index (χ0) is 15.7. The minimum absolute atomic E-state index is 0.177. The van der Waals surface area contributed by atoms with Crippen molar-refractivity contribution in [1.29, 1.82) is 0 Å². The van der Waals surface area contributed by atoms with Gasteiger partial charge in [0, 0.05) is 26.4 Å². The average molecular weight is 295 g/mol. The molecule has 1 rings (SSSR count). The summed E-state index contributed by atoms with van der Waals surface area (Å²) in [5, 5.41) is 0. The number of hydrogen-bond donors (Lipinski definition) is 1. The van der Waals surface area contributed by atoms with Gasteiger partial charge in [0.1, 0.15) is 12.4 Å². The van der Waals surface area contributed by atoms with Crippen molar-refractivity contribution in [3.05, 3.63) is 28.8 Å². The fourth-order valence-corrected chi connectivity index (χ4v) is 2.37. The van der Waals surface area contributed by atoms with Crippen LogP contribution in [0.3, 0.4) is 0 Å². The lowest BCUT2D eigenvalue weighted by atomic mass is 10.0. The van der Waals surface area contributed by atoms with Crippen LogP contribution < -0.4 is 10.5 Å². The highest BCUT2D eigenvalue weighted by Gasteiger charge is 2.07. The molecule has 0 aliphatic rings. The molecule has 21 heavy (non-hydrogen) atoms. The van der Waals surface area contributed by atoms with Gasteiger partial charge in [0.05, 0.1) is 6.61 Å². The molecule has 4 nitrogen and oxygen atoms in total. The highest BCUT2D eigenvalue weighted by atomic mass is 16.5. The highest BCUT2D eigenvalue weighted by molar-refractivity contribution is 5.43. The lowest BCUT2D eigenvalue weighted by Gasteiger charge is -2.15. The number of rotatable bonds is 10. The molecule has 0 fully saturated rings. The van der Waals surface area contributed by atoms with Gasteiger partial charge in [0.25, 0.3) is 0 Å². The Morgan fingerprint density at radius 3 is 2.29 bits per heavy atom. The minimum atomic E-state index is 0.177. The Kier molecular flexibility index (Phi) is 8.35. The smallest absolute Gasteiger partial charge is 0.125 e. The van der Waals surface area contributed by atoms with Crippen LogP contribution in [0.25, 0.3) is 0 Å². The van der Waals surface area contributed by atoms with E-state index in [1.807, 2.05) is 6.92 Å². The van der Waals surface area contributed by atoms with Crippen LogP contribution in [0.15, 0.2) is 12.1 Å². The first-order valence-corrected chi connectivity index (χ1v) is 7.59. The van der Waals surface area contributed by atoms with E-state index >= 15 is 0 Å². The number of ether oxygens (including phenoxy) is 3. The van der Waals surface area contributed by atoms with Crippen LogP contribution in [0, 0.1) is 13.8 Å². The van der Waals surface area contributed by atoms with E-state index in [2.05, 4.69) is 26.0 Å². The van der Waals surface area contributed by atoms with E-state index in [9.17, 15) is 0 Å². The van der Waals surface area contributed by atoms with Gasteiger partial charge in [-0.1, -0.05) is 12.1 Å². The third kappa shape index (κ3) is 6.93. The van der Waals surface area contributed by atoms with Crippen molar-refractivity contribution in [2.75, 3.05) is 33.5 Å². The van der Waals surface area contributed by atoms with Crippen LogP contribution >= 0.6 is 0 Å². The predicted molar refractivity (Wildman–Crippen MR) is 86.1 cm³/mol. The number of benzene rings is 1. The number of hydrogen-bond acceptors (Lipinski definition) is 4. The molecule has 1 aromatic rings. The minimum Gasteiger partial charge on any atom is -0.491 e. The molecule has 0 saturated carbocycles. The molecule has 0 heterocycles. The largest absolute Gasteiger partial charge is 0.491 e. The molecule has 1 atom stereocenters. The second kappa shape index (κ2) is 9.77. The van der Waals surface area contributed by atoms with Crippen molar-refractivity contribution in [1.82, 2.24) is 0 Å². The third-order valence-corrected chi connectivity index (χ3v) is 3.19. The van der Waals surface area contributed by atoms with Gasteiger partial charge in [-0.3, -0.25) is 0 Å². The van der Waals surface area contributed by atoms with Gasteiger partial charge in [-0.2, -0.15) is 0 Å². The van der Waals surface area contributed by atoms with Crippen LogP contribution in [0.1, 0.15) is 30.0 Å². The molecule has 0 bridgehead atoms. The lowest BCUT2D eigenvalue weighted by molar-refractivity contribution is 0.0803. The van der Waals surface area contributed by atoms with E-state index in [0.29, 0.717) is 19.8 Å². The van der Waals surface area contributed by atoms with E-state index in [1.54, 1.807) is 7.11 Å². The molecular formula is C17H29NO3. The van der Waals surface area contributed by atoms with Gasteiger partial charge >= 0.3 is 0 Å². The van der Waals surface area contributed by atoms with Gasteiger partial charge < -0.3 is 19.9 Å². The fourth-order valence-electron chi connectivity index (χ4n) is 2.37. The summed E-state index contributed by atoms with van der Waals surface area (Å²) in [6, 6.07) is 4.49. The van der Waals surface area contributed by atoms with Crippen LogP contribution in [0.5, 0.6) is 5.75 Å². The zero-order valence-corrected chi connectivity index (χ0v) is 13.8. The van der Waals surface area contributed by atoms with Gasteiger partial charge in [-0.25, -0.2) is 0 Å². The second-order valence-electron chi connectivity index (χ2n) is 5.55. The Hall–Kier alpha value is -1.10. The van der Waals surface area contributed by atoms with E-state index in [4.69, 9.17) is 19.9 Å². The van der Waals surface area contributed by atoms with Gasteiger partial charge in [-0.05, 0) is 50.3 Å². The summed E-state index contributed by atoms with van der Waals surface area (Å²) in [5.41, 5.74) is 9.44. The van der Waals surface area contributed by atoms with Crippen molar-refractivity contribution in [3.63, 3.8) is 0 Å². The molecule has 1 aromatic carbocycles. The Bertz CT molecular complexity index is 395. The monoisotopic (exact) mass is 295 g/mol. The summed E-state index contributed by atoms with van der Waals surface area (Å²) in [5.74, 6) is 0.962. The fraction of sp³-hybridized carbons (Fsp3) is 0.647. The maximum Gasteiger partial charge on any atom is 0.125 e. The first-order valence-electron chi connectivity index (χ1n) is 7.59. The summed E-state index contributed by atoms with van der Waals surface area (Å²) in [6.07, 6.45) is 1.81. The molecule has 0 aliphatic heterocycles. The quantitative estimate of drug-likeness (QED) is 0.674. The van der Waals surface area contributed by atoms with Crippen molar-refractivity contribution >= 4 is 0 Å². The van der Waals surface area contributed by atoms with Gasteiger partial charge in [-0.15, -0.1) is 0 Å². The molecule has 0 radical (unpaired) electrons. The summed E-state index contributed by atoms with van der Waals surface area (Å²) < 4.78 is 16.3. The molecule has 2 N–H and O–H groups in total. The zero-order valence-electron chi connectivity index (χ0n) is 13.8. The molecule has 0 aromatic heterocycles. The van der Waals surface area contributed by atoms with Crippen molar-refractivity contribution in [2.45, 2.75) is 39.7 Å². The first-order chi connectivity index (χ1) is 10.0. The van der Waals surface area contributed by atoms with E-state index in [-0.39, 0.29) is 6.04 Å². The Balaban J connectivity index is 2.41. The van der Waals surface area contributed by atoms with Crippen molar-refractivity contribution < 1.29 is 14.2 Å². The molecule has 0 spiro atoms. The summed E-state index contributed by atoms with van der Waals surface area (Å²) >= 11 is 0. The highest BCUT2D eigenvalue weighted by Crippen LogP contribution is 2.25.